The van der Waals surface area contributed by atoms with E-state index in [9.17, 15) is 4.79 Å². The molecule has 0 unspecified atom stereocenters. The van der Waals surface area contributed by atoms with E-state index in [0.29, 0.717) is 21.4 Å². The van der Waals surface area contributed by atoms with Crippen molar-refractivity contribution in [3.63, 3.8) is 0 Å². The van der Waals surface area contributed by atoms with Crippen LogP contribution >= 0.6 is 23.2 Å². The molecular weight excluding hydrogens is 297 g/mol. The highest BCUT2D eigenvalue weighted by atomic mass is 35.5. The number of hydrogen-bond acceptors (Lipinski definition) is 3. The minimum Gasteiger partial charge on any atom is -0.273 e. The van der Waals surface area contributed by atoms with Gasteiger partial charge in [0, 0.05) is 17.0 Å². The maximum Gasteiger partial charge on any atom is 0.245 e. The lowest BCUT2D eigenvalue weighted by Crippen LogP contribution is -2.21. The highest BCUT2D eigenvalue weighted by Crippen LogP contribution is 2.22. The van der Waals surface area contributed by atoms with E-state index in [2.05, 4.69) is 10.3 Å². The normalized spacial score (nSPS) is 10.8. The Morgan fingerprint density at radius 1 is 1.05 bits per heavy atom. The molecule has 0 atom stereocenters. The summed E-state index contributed by atoms with van der Waals surface area (Å²) >= 11 is 11.8. The molecule has 0 aliphatic carbocycles. The smallest absolute Gasteiger partial charge is 0.245 e. The first-order valence-electron chi connectivity index (χ1n) is 5.80. The zero-order valence-electron chi connectivity index (χ0n) is 10.6. The van der Waals surface area contributed by atoms with Crippen molar-refractivity contribution in [3.8, 4) is 0 Å². The van der Waals surface area contributed by atoms with Crippen molar-refractivity contribution in [2.75, 3.05) is 5.01 Å². The Labute approximate surface area is 126 Å². The standard InChI is InChI=1S/C14H11Cl2N3O/c1-10(20)19(14-7-3-5-12(16)9-14)18-17-13-6-2-4-11(15)8-13/h2-9H,1H3. The number of benzene rings is 2. The second-order valence-corrected chi connectivity index (χ2v) is 4.85. The predicted molar refractivity (Wildman–Crippen MR) is 80.6 cm³/mol. The molecule has 2 rings (SSSR count). The SMILES string of the molecule is CC(=O)N(N=Nc1cccc(Cl)c1)c1cccc(Cl)c1. The molecule has 0 heterocycles. The molecule has 20 heavy (non-hydrogen) atoms. The number of halogens is 2. The Hall–Kier alpha value is -1.91. The first-order valence-corrected chi connectivity index (χ1v) is 6.55. The van der Waals surface area contributed by atoms with Gasteiger partial charge in [0.2, 0.25) is 5.91 Å². The summed E-state index contributed by atoms with van der Waals surface area (Å²) in [6.45, 7) is 1.40. The van der Waals surface area contributed by atoms with Crippen molar-refractivity contribution in [2.45, 2.75) is 6.92 Å². The van der Waals surface area contributed by atoms with Gasteiger partial charge in [0.1, 0.15) is 0 Å². The molecule has 0 aliphatic rings. The van der Waals surface area contributed by atoms with Gasteiger partial charge in [0.15, 0.2) is 0 Å². The van der Waals surface area contributed by atoms with Gasteiger partial charge in [0.05, 0.1) is 11.4 Å². The number of rotatable bonds is 3. The van der Waals surface area contributed by atoms with Crippen LogP contribution in [0.1, 0.15) is 6.92 Å². The first-order chi connectivity index (χ1) is 9.56. The Bertz CT molecular complexity index is 658. The predicted octanol–water partition coefficient (Wildman–Crippen LogP) is 5.05. The molecule has 6 heteroatoms. The van der Waals surface area contributed by atoms with E-state index in [0.717, 1.165) is 0 Å². The minimum absolute atomic E-state index is 0.266. The van der Waals surface area contributed by atoms with Crippen LogP contribution in [0.3, 0.4) is 0 Å². The van der Waals surface area contributed by atoms with Gasteiger partial charge in [-0.1, -0.05) is 40.6 Å². The number of hydrogen-bond donors (Lipinski definition) is 0. The molecule has 2 aromatic rings. The van der Waals surface area contributed by atoms with E-state index in [1.165, 1.54) is 11.9 Å². The van der Waals surface area contributed by atoms with Crippen LogP contribution < -0.4 is 5.01 Å². The summed E-state index contributed by atoms with van der Waals surface area (Å²) in [6.07, 6.45) is 0. The molecule has 1 amide bonds. The van der Waals surface area contributed by atoms with Crippen molar-refractivity contribution in [1.82, 2.24) is 0 Å². The molecule has 0 fully saturated rings. The van der Waals surface area contributed by atoms with Gasteiger partial charge in [-0.25, -0.2) is 0 Å². The van der Waals surface area contributed by atoms with E-state index in [1.54, 1.807) is 48.5 Å². The van der Waals surface area contributed by atoms with Crippen LogP contribution in [0.25, 0.3) is 0 Å². The number of anilines is 1. The molecule has 0 saturated heterocycles. The molecule has 0 saturated carbocycles. The molecule has 2 aromatic carbocycles. The van der Waals surface area contributed by atoms with Crippen LogP contribution in [0.5, 0.6) is 0 Å². The maximum atomic E-state index is 11.6. The summed E-state index contributed by atoms with van der Waals surface area (Å²) in [7, 11) is 0. The maximum absolute atomic E-state index is 11.6. The van der Waals surface area contributed by atoms with Gasteiger partial charge in [-0.3, -0.25) is 4.79 Å². The number of carbonyl (C=O) groups excluding carboxylic acids is 1. The summed E-state index contributed by atoms with van der Waals surface area (Å²) in [5.74, 6) is -0.266. The van der Waals surface area contributed by atoms with E-state index in [4.69, 9.17) is 23.2 Å². The Morgan fingerprint density at radius 2 is 1.70 bits per heavy atom. The molecule has 0 aliphatic heterocycles. The summed E-state index contributed by atoms with van der Waals surface area (Å²) in [5, 5.41) is 10.2. The van der Waals surface area contributed by atoms with Gasteiger partial charge in [-0.2, -0.15) is 5.01 Å². The van der Waals surface area contributed by atoms with Crippen LogP contribution in [-0.4, -0.2) is 5.91 Å². The van der Waals surface area contributed by atoms with Crippen LogP contribution in [-0.2, 0) is 4.79 Å². The van der Waals surface area contributed by atoms with Crippen LogP contribution in [0.2, 0.25) is 10.0 Å². The fraction of sp³-hybridized carbons (Fsp3) is 0.0714. The molecule has 4 nitrogen and oxygen atoms in total. The zero-order valence-corrected chi connectivity index (χ0v) is 12.1. The minimum atomic E-state index is -0.266. The molecular formula is C14H11Cl2N3O. The Kier molecular flexibility index (Phi) is 4.71. The monoisotopic (exact) mass is 307 g/mol. The van der Waals surface area contributed by atoms with Gasteiger partial charge in [-0.15, -0.1) is 5.11 Å². The second kappa shape index (κ2) is 6.50. The van der Waals surface area contributed by atoms with E-state index in [1.807, 2.05) is 0 Å². The quantitative estimate of drug-likeness (QED) is 0.578. The second-order valence-electron chi connectivity index (χ2n) is 3.98. The highest BCUT2D eigenvalue weighted by Gasteiger charge is 2.10. The average molecular weight is 308 g/mol. The van der Waals surface area contributed by atoms with Crippen molar-refractivity contribution >= 4 is 40.5 Å². The fourth-order valence-electron chi connectivity index (χ4n) is 1.54. The average Bonchev–Trinajstić information content (AvgIpc) is 2.38. The number of nitrogens with zero attached hydrogens (tertiary/aromatic N) is 3. The summed E-state index contributed by atoms with van der Waals surface area (Å²) in [6, 6.07) is 13.7. The first kappa shape index (κ1) is 14.5. The highest BCUT2D eigenvalue weighted by molar-refractivity contribution is 6.31. The van der Waals surface area contributed by atoms with Crippen molar-refractivity contribution in [2.24, 2.45) is 10.3 Å². The molecule has 0 radical (unpaired) electrons. The van der Waals surface area contributed by atoms with Gasteiger partial charge in [-0.05, 0) is 36.4 Å². The molecule has 0 N–H and O–H groups in total. The van der Waals surface area contributed by atoms with Gasteiger partial charge < -0.3 is 0 Å². The van der Waals surface area contributed by atoms with Crippen LogP contribution in [0, 0.1) is 0 Å². The van der Waals surface area contributed by atoms with E-state index < -0.39 is 0 Å². The molecule has 0 aromatic heterocycles. The van der Waals surface area contributed by atoms with Crippen LogP contribution in [0.15, 0.2) is 58.9 Å². The third-order valence-electron chi connectivity index (χ3n) is 2.41. The summed E-state index contributed by atoms with van der Waals surface area (Å²) < 4.78 is 0. The zero-order chi connectivity index (χ0) is 14.5. The third kappa shape index (κ3) is 3.79. The van der Waals surface area contributed by atoms with E-state index >= 15 is 0 Å². The van der Waals surface area contributed by atoms with Crippen molar-refractivity contribution in [3.05, 3.63) is 58.6 Å². The summed E-state index contributed by atoms with van der Waals surface area (Å²) in [4.78, 5) is 11.6. The van der Waals surface area contributed by atoms with Gasteiger partial charge in [0.25, 0.3) is 0 Å². The third-order valence-corrected chi connectivity index (χ3v) is 2.88. The molecule has 102 valence electrons. The lowest BCUT2D eigenvalue weighted by molar-refractivity contribution is -0.116. The number of amides is 1. The Balaban J connectivity index is 2.29. The molecule has 0 spiro atoms. The largest absolute Gasteiger partial charge is 0.273 e. The summed E-state index contributed by atoms with van der Waals surface area (Å²) in [5.41, 5.74) is 1.11. The lowest BCUT2D eigenvalue weighted by atomic mass is 10.3. The Morgan fingerprint density at radius 3 is 2.30 bits per heavy atom. The van der Waals surface area contributed by atoms with Crippen molar-refractivity contribution in [1.29, 1.82) is 0 Å². The number of carbonyl (C=O) groups is 1. The topological polar surface area (TPSA) is 45.0 Å². The van der Waals surface area contributed by atoms with E-state index in [-0.39, 0.29) is 5.91 Å². The van der Waals surface area contributed by atoms with Crippen molar-refractivity contribution < 1.29 is 4.79 Å². The molecule has 0 bridgehead atoms. The van der Waals surface area contributed by atoms with Crippen LogP contribution in [0.4, 0.5) is 11.4 Å². The van der Waals surface area contributed by atoms with Gasteiger partial charge >= 0.3 is 0 Å². The fourth-order valence-corrected chi connectivity index (χ4v) is 1.91. The lowest BCUT2D eigenvalue weighted by Gasteiger charge is -2.13.